The van der Waals surface area contributed by atoms with Gasteiger partial charge in [-0.05, 0) is 57.7 Å². The Bertz CT molecular complexity index is 1020. The van der Waals surface area contributed by atoms with Crippen LogP contribution in [0.4, 0.5) is 10.1 Å². The number of nitrogens with zero attached hydrogens (tertiary/aromatic N) is 4. The van der Waals surface area contributed by atoms with Crippen LogP contribution in [0.25, 0.3) is 11.0 Å². The Morgan fingerprint density at radius 3 is 2.61 bits per heavy atom. The molecule has 1 fully saturated rings. The monoisotopic (exact) mass is 457 g/mol. The van der Waals surface area contributed by atoms with Crippen LogP contribution in [-0.4, -0.2) is 68.4 Å². The summed E-state index contributed by atoms with van der Waals surface area (Å²) in [6.45, 7) is 10.6. The second-order valence-corrected chi connectivity index (χ2v) is 10.2. The van der Waals surface area contributed by atoms with E-state index in [0.717, 1.165) is 42.8 Å². The molecule has 4 atom stereocenters. The number of aromatic nitrogens is 2. The van der Waals surface area contributed by atoms with Gasteiger partial charge in [0.15, 0.2) is 6.23 Å². The van der Waals surface area contributed by atoms with Crippen LogP contribution in [0.3, 0.4) is 0 Å². The second-order valence-electron chi connectivity index (χ2n) is 10.2. The zero-order valence-corrected chi connectivity index (χ0v) is 19.9. The third-order valence-electron chi connectivity index (χ3n) is 6.70. The van der Waals surface area contributed by atoms with E-state index in [9.17, 15) is 9.50 Å². The number of halogens is 1. The van der Waals surface area contributed by atoms with Gasteiger partial charge in [0.05, 0.1) is 11.9 Å². The molecule has 4 rings (SSSR count). The molecule has 1 aliphatic carbocycles. The van der Waals surface area contributed by atoms with E-state index in [2.05, 4.69) is 52.6 Å². The van der Waals surface area contributed by atoms with Crippen LogP contribution in [0, 0.1) is 5.92 Å². The van der Waals surface area contributed by atoms with Gasteiger partial charge in [0, 0.05) is 49.8 Å². The summed E-state index contributed by atoms with van der Waals surface area (Å²) in [5.74, 6) is 0.297. The number of rotatable bonds is 7. The van der Waals surface area contributed by atoms with Crippen molar-refractivity contribution in [3.05, 3.63) is 48.3 Å². The maximum atomic E-state index is 14.3. The molecule has 1 saturated heterocycles. The first-order valence-electron chi connectivity index (χ1n) is 11.7. The Balaban J connectivity index is 1.43. The summed E-state index contributed by atoms with van der Waals surface area (Å²) in [6, 6.07) is 4.83. The number of pyridine rings is 1. The first-order valence-corrected chi connectivity index (χ1v) is 11.7. The molecule has 2 unspecified atom stereocenters. The Morgan fingerprint density at radius 2 is 2.00 bits per heavy atom. The number of aliphatic hydroxyl groups is 1. The smallest absolute Gasteiger partial charge is 0.152 e. The van der Waals surface area contributed by atoms with Crippen LogP contribution in [0.1, 0.15) is 34.1 Å². The number of alkyl halides is 1. The highest BCUT2D eigenvalue weighted by Crippen LogP contribution is 2.28. The zero-order chi connectivity index (χ0) is 23.8. The quantitative estimate of drug-likeness (QED) is 0.437. The number of hydroxylamine groups is 1. The molecule has 0 amide bonds. The maximum Gasteiger partial charge on any atom is 0.152 e. The zero-order valence-electron chi connectivity index (χ0n) is 19.9. The van der Waals surface area contributed by atoms with Gasteiger partial charge in [-0.25, -0.2) is 9.37 Å². The SMILES string of the molecule is C[C@@H]1CN(c2cnc3c(ccn3CC3C=CC(C(O)NO)=CC3)c2)C[C@H](C)N1CC(C)(C)F. The molecule has 1 aliphatic heterocycles. The van der Waals surface area contributed by atoms with Gasteiger partial charge in [-0.15, -0.1) is 0 Å². The van der Waals surface area contributed by atoms with Crippen molar-refractivity contribution in [2.45, 2.75) is 64.6 Å². The minimum atomic E-state index is -1.20. The van der Waals surface area contributed by atoms with Crippen LogP contribution in [0.15, 0.2) is 48.3 Å². The second kappa shape index (κ2) is 9.54. The topological polar surface area (TPSA) is 76.8 Å². The molecule has 8 heteroatoms. The fourth-order valence-corrected chi connectivity index (χ4v) is 5.05. The number of allylic oxidation sites excluding steroid dienone is 2. The highest BCUT2D eigenvalue weighted by molar-refractivity contribution is 5.80. The normalized spacial score (nSPS) is 25.5. The van der Waals surface area contributed by atoms with E-state index in [1.807, 2.05) is 23.8 Å². The Labute approximate surface area is 195 Å². The molecular weight excluding hydrogens is 421 g/mol. The largest absolute Gasteiger partial charge is 0.372 e. The van der Waals surface area contributed by atoms with Crippen LogP contribution in [-0.2, 0) is 6.54 Å². The van der Waals surface area contributed by atoms with Gasteiger partial charge in [-0.1, -0.05) is 18.2 Å². The molecule has 0 spiro atoms. The third-order valence-corrected chi connectivity index (χ3v) is 6.70. The Hall–Kier alpha value is -2.26. The van der Waals surface area contributed by atoms with Gasteiger partial charge in [-0.3, -0.25) is 4.90 Å². The predicted molar refractivity (Wildman–Crippen MR) is 129 cm³/mol. The molecule has 3 heterocycles. The highest BCUT2D eigenvalue weighted by atomic mass is 19.1. The molecule has 180 valence electrons. The number of nitrogens with one attached hydrogen (secondary N) is 1. The molecule has 0 aromatic carbocycles. The average Bonchev–Trinajstić information content (AvgIpc) is 3.17. The highest BCUT2D eigenvalue weighted by Gasteiger charge is 2.33. The first-order chi connectivity index (χ1) is 15.6. The molecular formula is C25H36FN5O2. The number of fused-ring (bicyclic) bond motifs is 1. The van der Waals surface area contributed by atoms with E-state index in [-0.39, 0.29) is 12.1 Å². The molecule has 0 bridgehead atoms. The lowest BCUT2D eigenvalue weighted by molar-refractivity contribution is 0.0264. The predicted octanol–water partition coefficient (Wildman–Crippen LogP) is 3.48. The molecule has 0 saturated carbocycles. The number of aliphatic hydroxyl groups excluding tert-OH is 1. The number of hydrogen-bond donors (Lipinski definition) is 3. The lowest BCUT2D eigenvalue weighted by Crippen LogP contribution is -2.59. The van der Waals surface area contributed by atoms with Crippen LogP contribution < -0.4 is 10.4 Å². The molecule has 2 aromatic rings. The lowest BCUT2D eigenvalue weighted by Gasteiger charge is -2.46. The Kier molecular flexibility index (Phi) is 6.91. The fourth-order valence-electron chi connectivity index (χ4n) is 5.05. The van der Waals surface area contributed by atoms with Gasteiger partial charge < -0.3 is 19.8 Å². The maximum absolute atomic E-state index is 14.3. The van der Waals surface area contributed by atoms with Crippen molar-refractivity contribution < 1.29 is 14.7 Å². The molecule has 0 radical (unpaired) electrons. The average molecular weight is 458 g/mol. The van der Waals surface area contributed by atoms with Crippen LogP contribution in [0.5, 0.6) is 0 Å². The standard InChI is InChI=1S/C25H36FN5O2/c1-17-13-30(14-18(2)31(17)16-25(3,4)26)22-11-21-9-10-29(23(21)27-12-22)15-19-5-7-20(8-6-19)24(32)28-33/h5,7-12,17-19,24,28,32-33H,6,13-16H2,1-4H3/t17-,18+,19?,24?. The van der Waals surface area contributed by atoms with Crippen LogP contribution in [0.2, 0.25) is 0 Å². The summed E-state index contributed by atoms with van der Waals surface area (Å²) < 4.78 is 16.4. The van der Waals surface area contributed by atoms with Crippen molar-refractivity contribution in [1.29, 1.82) is 0 Å². The Morgan fingerprint density at radius 1 is 1.27 bits per heavy atom. The van der Waals surface area contributed by atoms with Gasteiger partial charge >= 0.3 is 0 Å². The summed E-state index contributed by atoms with van der Waals surface area (Å²) in [5, 5.41) is 19.7. The minimum absolute atomic E-state index is 0.264. The van der Waals surface area contributed by atoms with Gasteiger partial charge in [-0.2, -0.15) is 5.48 Å². The summed E-state index contributed by atoms with van der Waals surface area (Å²) in [4.78, 5) is 9.42. The van der Waals surface area contributed by atoms with Crippen molar-refractivity contribution >= 4 is 16.7 Å². The number of piperazine rings is 1. The summed E-state index contributed by atoms with van der Waals surface area (Å²) >= 11 is 0. The van der Waals surface area contributed by atoms with E-state index < -0.39 is 11.9 Å². The van der Waals surface area contributed by atoms with Crippen molar-refractivity contribution in [2.75, 3.05) is 24.5 Å². The van der Waals surface area contributed by atoms with Crippen LogP contribution >= 0.6 is 0 Å². The first kappa shape index (κ1) is 23.9. The number of hydrogen-bond acceptors (Lipinski definition) is 6. The van der Waals surface area contributed by atoms with Crippen molar-refractivity contribution in [3.63, 3.8) is 0 Å². The molecule has 7 nitrogen and oxygen atoms in total. The third kappa shape index (κ3) is 5.46. The summed E-state index contributed by atoms with van der Waals surface area (Å²) in [7, 11) is 0. The molecule has 2 aromatic heterocycles. The van der Waals surface area contributed by atoms with Crippen molar-refractivity contribution in [2.24, 2.45) is 5.92 Å². The van der Waals surface area contributed by atoms with E-state index in [1.54, 1.807) is 13.8 Å². The molecule has 2 aliphatic rings. The minimum Gasteiger partial charge on any atom is -0.372 e. The van der Waals surface area contributed by atoms with Crippen molar-refractivity contribution in [1.82, 2.24) is 19.9 Å². The lowest BCUT2D eigenvalue weighted by atomic mass is 9.96. The summed E-state index contributed by atoms with van der Waals surface area (Å²) in [6.07, 6.45) is 9.63. The fraction of sp³-hybridized carbons (Fsp3) is 0.560. The molecule has 33 heavy (non-hydrogen) atoms. The van der Waals surface area contributed by atoms with Gasteiger partial charge in [0.25, 0.3) is 0 Å². The van der Waals surface area contributed by atoms with E-state index in [1.165, 1.54) is 0 Å². The van der Waals surface area contributed by atoms with E-state index in [0.29, 0.717) is 18.0 Å². The van der Waals surface area contributed by atoms with E-state index in [4.69, 9.17) is 10.2 Å². The van der Waals surface area contributed by atoms with Gasteiger partial charge in [0.2, 0.25) is 0 Å². The van der Waals surface area contributed by atoms with E-state index >= 15 is 0 Å². The number of anilines is 1. The van der Waals surface area contributed by atoms with Crippen molar-refractivity contribution in [3.8, 4) is 0 Å². The molecule has 3 N–H and O–H groups in total. The summed E-state index contributed by atoms with van der Waals surface area (Å²) in [5.41, 5.74) is 3.40. The van der Waals surface area contributed by atoms with Gasteiger partial charge in [0.1, 0.15) is 11.3 Å².